The Morgan fingerprint density at radius 3 is 1.81 bits per heavy atom. The summed E-state index contributed by atoms with van der Waals surface area (Å²) in [5.74, 6) is -0.473. The van der Waals surface area contributed by atoms with Gasteiger partial charge in [-0.25, -0.2) is 0 Å². The first-order valence-electron chi connectivity index (χ1n) is 3.98. The number of ketones is 1. The Balaban J connectivity index is 3.57. The second-order valence-corrected chi connectivity index (χ2v) is 3.69. The van der Waals surface area contributed by atoms with Crippen LogP contribution in [-0.2, 0) is 0 Å². The monoisotopic (exact) mass is 288 g/mol. The van der Waals surface area contributed by atoms with Gasteiger partial charge < -0.3 is 0 Å². The van der Waals surface area contributed by atoms with Gasteiger partial charge in [0.1, 0.15) is 0 Å². The van der Waals surface area contributed by atoms with Gasteiger partial charge in [0, 0.05) is 17.7 Å². The Morgan fingerprint density at radius 1 is 1.19 bits per heavy atom. The Kier molecular flexibility index (Phi) is 3.33. The molecule has 0 unspecified atom stereocenters. The third kappa shape index (κ3) is 2.22. The second kappa shape index (κ2) is 4.35. The number of rotatable bonds is 3. The van der Waals surface area contributed by atoms with Crippen LogP contribution in [0.4, 0.5) is 11.4 Å². The van der Waals surface area contributed by atoms with Crippen LogP contribution in [0.2, 0.25) is 0 Å². The summed E-state index contributed by atoms with van der Waals surface area (Å²) < 4.78 is -0.243. The van der Waals surface area contributed by atoms with Gasteiger partial charge in [-0.05, 0) is 22.9 Å². The van der Waals surface area contributed by atoms with Gasteiger partial charge in [-0.2, -0.15) is 0 Å². The predicted molar refractivity (Wildman–Crippen MR) is 57.5 cm³/mol. The summed E-state index contributed by atoms with van der Waals surface area (Å²) in [5.41, 5.74) is -1.07. The number of hydrogen-bond acceptors (Lipinski definition) is 5. The molecular weight excluding hydrogens is 284 g/mol. The Hall–Kier alpha value is -1.83. The van der Waals surface area contributed by atoms with Crippen molar-refractivity contribution in [3.8, 4) is 0 Å². The number of carbonyl (C=O) groups is 1. The minimum atomic E-state index is -0.788. The Labute approximate surface area is 97.5 Å². The molecule has 0 radical (unpaired) electrons. The molecule has 0 bridgehead atoms. The third-order valence-electron chi connectivity index (χ3n) is 1.83. The van der Waals surface area contributed by atoms with E-state index in [1.165, 1.54) is 6.92 Å². The van der Waals surface area contributed by atoms with Gasteiger partial charge >= 0.3 is 0 Å². The SMILES string of the molecule is CC(=O)c1cc([N+](=O)[O-])c(Br)c([N+](=O)[O-])c1. The molecule has 1 rings (SSSR count). The van der Waals surface area contributed by atoms with Crippen molar-refractivity contribution in [3.05, 3.63) is 42.4 Å². The van der Waals surface area contributed by atoms with Gasteiger partial charge in [0.25, 0.3) is 11.4 Å². The van der Waals surface area contributed by atoms with Gasteiger partial charge in [0.2, 0.25) is 0 Å². The van der Waals surface area contributed by atoms with Crippen molar-refractivity contribution in [1.29, 1.82) is 0 Å². The molecule has 0 amide bonds. The minimum absolute atomic E-state index is 0.0680. The molecule has 1 aromatic carbocycles. The maximum Gasteiger partial charge on any atom is 0.291 e. The van der Waals surface area contributed by atoms with Crippen molar-refractivity contribution in [2.75, 3.05) is 0 Å². The van der Waals surface area contributed by atoms with Crippen LogP contribution in [0.5, 0.6) is 0 Å². The van der Waals surface area contributed by atoms with E-state index in [1.807, 2.05) is 0 Å². The van der Waals surface area contributed by atoms with Crippen molar-refractivity contribution < 1.29 is 14.6 Å². The first-order chi connectivity index (χ1) is 7.34. The van der Waals surface area contributed by atoms with Crippen molar-refractivity contribution in [2.45, 2.75) is 6.92 Å². The molecule has 7 nitrogen and oxygen atoms in total. The predicted octanol–water partition coefficient (Wildman–Crippen LogP) is 2.47. The number of nitro benzene ring substituents is 2. The quantitative estimate of drug-likeness (QED) is 0.483. The first kappa shape index (κ1) is 12.2. The molecule has 0 heterocycles. The Bertz CT molecular complexity index is 464. The molecule has 84 valence electrons. The van der Waals surface area contributed by atoms with E-state index in [1.54, 1.807) is 0 Å². The summed E-state index contributed by atoms with van der Waals surface area (Å²) >= 11 is 2.77. The fraction of sp³-hybridized carbons (Fsp3) is 0.125. The lowest BCUT2D eigenvalue weighted by Gasteiger charge is -2.00. The fourth-order valence-corrected chi connectivity index (χ4v) is 1.58. The van der Waals surface area contributed by atoms with Crippen molar-refractivity contribution in [1.82, 2.24) is 0 Å². The summed E-state index contributed by atoms with van der Waals surface area (Å²) in [5, 5.41) is 21.2. The number of nitrogens with zero attached hydrogens (tertiary/aromatic N) is 2. The summed E-state index contributed by atoms with van der Waals surface area (Å²) in [6.07, 6.45) is 0. The fourth-order valence-electron chi connectivity index (χ4n) is 1.06. The highest BCUT2D eigenvalue weighted by Crippen LogP contribution is 2.35. The van der Waals surface area contributed by atoms with E-state index in [2.05, 4.69) is 15.9 Å². The van der Waals surface area contributed by atoms with Gasteiger partial charge in [-0.3, -0.25) is 25.0 Å². The maximum absolute atomic E-state index is 11.0. The van der Waals surface area contributed by atoms with Gasteiger partial charge in [0.05, 0.1) is 9.85 Å². The van der Waals surface area contributed by atoms with Crippen LogP contribution in [0.25, 0.3) is 0 Å². The highest BCUT2D eigenvalue weighted by atomic mass is 79.9. The number of hydrogen-bond donors (Lipinski definition) is 0. The van der Waals surface area contributed by atoms with Crippen molar-refractivity contribution in [2.24, 2.45) is 0 Å². The van der Waals surface area contributed by atoms with Crippen LogP contribution in [0.15, 0.2) is 16.6 Å². The van der Waals surface area contributed by atoms with Gasteiger partial charge in [-0.1, -0.05) is 0 Å². The number of carbonyl (C=O) groups excluding carboxylic acids is 1. The van der Waals surface area contributed by atoms with Crippen LogP contribution in [0.3, 0.4) is 0 Å². The highest BCUT2D eigenvalue weighted by molar-refractivity contribution is 9.10. The molecule has 0 aromatic heterocycles. The minimum Gasteiger partial charge on any atom is -0.295 e. The first-order valence-corrected chi connectivity index (χ1v) is 4.77. The maximum atomic E-state index is 11.0. The normalized spacial score (nSPS) is 9.88. The van der Waals surface area contributed by atoms with Crippen LogP contribution >= 0.6 is 15.9 Å². The second-order valence-electron chi connectivity index (χ2n) is 2.90. The van der Waals surface area contributed by atoms with E-state index in [0.717, 1.165) is 12.1 Å². The topological polar surface area (TPSA) is 103 Å². The molecule has 0 aliphatic heterocycles. The zero-order chi connectivity index (χ0) is 12.5. The van der Waals surface area contributed by atoms with Crippen LogP contribution in [-0.4, -0.2) is 15.6 Å². The lowest BCUT2D eigenvalue weighted by molar-refractivity contribution is -0.395. The van der Waals surface area contributed by atoms with Crippen molar-refractivity contribution in [3.63, 3.8) is 0 Å². The van der Waals surface area contributed by atoms with E-state index >= 15 is 0 Å². The Morgan fingerprint density at radius 2 is 1.56 bits per heavy atom. The van der Waals surface area contributed by atoms with Gasteiger partial charge in [0.15, 0.2) is 10.3 Å². The molecule has 0 spiro atoms. The molecule has 0 saturated carbocycles. The van der Waals surface area contributed by atoms with Crippen LogP contribution < -0.4 is 0 Å². The van der Waals surface area contributed by atoms with Gasteiger partial charge in [-0.15, -0.1) is 0 Å². The number of nitro groups is 2. The smallest absolute Gasteiger partial charge is 0.291 e. The lowest BCUT2D eigenvalue weighted by Crippen LogP contribution is -2.00. The molecule has 0 atom stereocenters. The molecule has 8 heteroatoms. The molecule has 16 heavy (non-hydrogen) atoms. The summed E-state index contributed by atoms with van der Waals surface area (Å²) in [7, 11) is 0. The van der Waals surface area contributed by atoms with Crippen molar-refractivity contribution >= 4 is 33.1 Å². The standard InChI is InChI=1S/C8H5BrN2O5/c1-4(12)5-2-6(10(13)14)8(9)7(3-5)11(15)16/h2-3H,1H3. The average molecular weight is 289 g/mol. The van der Waals surface area contributed by atoms with E-state index in [0.29, 0.717) is 0 Å². The molecule has 0 N–H and O–H groups in total. The van der Waals surface area contributed by atoms with Crippen LogP contribution in [0.1, 0.15) is 17.3 Å². The van der Waals surface area contributed by atoms with Crippen LogP contribution in [0, 0.1) is 20.2 Å². The highest BCUT2D eigenvalue weighted by Gasteiger charge is 2.25. The lowest BCUT2D eigenvalue weighted by atomic mass is 10.1. The summed E-state index contributed by atoms with van der Waals surface area (Å²) in [6, 6.07) is 2.00. The zero-order valence-corrected chi connectivity index (χ0v) is 9.55. The summed E-state index contributed by atoms with van der Waals surface area (Å²) in [4.78, 5) is 30.7. The average Bonchev–Trinajstić information content (AvgIpc) is 2.16. The molecule has 0 fully saturated rings. The van der Waals surface area contributed by atoms with E-state index in [-0.39, 0.29) is 10.0 Å². The molecular formula is C8H5BrN2O5. The molecule has 0 aliphatic carbocycles. The number of Topliss-reactive ketones (excluding diaryl/α,β-unsaturated/α-hetero) is 1. The number of benzene rings is 1. The van der Waals surface area contributed by atoms with E-state index < -0.39 is 27.0 Å². The molecule has 0 aliphatic rings. The van der Waals surface area contributed by atoms with E-state index in [9.17, 15) is 25.0 Å². The summed E-state index contributed by atoms with van der Waals surface area (Å²) in [6.45, 7) is 1.18. The largest absolute Gasteiger partial charge is 0.295 e. The number of halogens is 1. The third-order valence-corrected chi connectivity index (χ3v) is 2.65. The zero-order valence-electron chi connectivity index (χ0n) is 7.97. The molecule has 1 aromatic rings. The van der Waals surface area contributed by atoms with E-state index in [4.69, 9.17) is 0 Å². The molecule has 0 saturated heterocycles.